The predicted octanol–water partition coefficient (Wildman–Crippen LogP) is 3.81. The van der Waals surface area contributed by atoms with Gasteiger partial charge in [0.15, 0.2) is 0 Å². The average Bonchev–Trinajstić information content (AvgIpc) is 2.47. The normalized spacial score (nSPS) is 11.4. The van der Waals surface area contributed by atoms with Crippen LogP contribution in [0, 0.1) is 11.3 Å². The predicted molar refractivity (Wildman–Crippen MR) is 81.2 cm³/mol. The van der Waals surface area contributed by atoms with E-state index in [9.17, 15) is 4.79 Å². The number of carbonyl (C=O) groups excluding carboxylic acids is 1. The van der Waals surface area contributed by atoms with Crippen molar-refractivity contribution in [1.29, 1.82) is 5.26 Å². The first kappa shape index (κ1) is 14.3. The third-order valence-electron chi connectivity index (χ3n) is 2.97. The number of benzene rings is 2. The number of amides is 1. The van der Waals surface area contributed by atoms with E-state index in [2.05, 4.69) is 27.3 Å². The maximum absolute atomic E-state index is 12.1. The number of rotatable bonds is 3. The zero-order valence-corrected chi connectivity index (χ0v) is 12.5. The molecule has 4 heteroatoms. The fourth-order valence-corrected chi connectivity index (χ4v) is 2.24. The Bertz CT molecular complexity index is 659. The highest BCUT2D eigenvalue weighted by Gasteiger charge is 2.11. The first-order chi connectivity index (χ1) is 9.60. The minimum absolute atomic E-state index is 0.116. The molecule has 0 heterocycles. The van der Waals surface area contributed by atoms with Gasteiger partial charge in [-0.25, -0.2) is 0 Å². The lowest BCUT2D eigenvalue weighted by Crippen LogP contribution is -2.26. The number of halogens is 1. The monoisotopic (exact) mass is 328 g/mol. The van der Waals surface area contributed by atoms with Crippen molar-refractivity contribution in [2.75, 3.05) is 0 Å². The van der Waals surface area contributed by atoms with Gasteiger partial charge in [-0.15, -0.1) is 0 Å². The van der Waals surface area contributed by atoms with Crippen LogP contribution in [0.4, 0.5) is 0 Å². The Morgan fingerprint density at radius 1 is 1.25 bits per heavy atom. The van der Waals surface area contributed by atoms with Crippen LogP contribution in [0.15, 0.2) is 53.0 Å². The maximum Gasteiger partial charge on any atom is 0.251 e. The second kappa shape index (κ2) is 6.36. The molecule has 0 radical (unpaired) electrons. The molecule has 0 saturated carbocycles. The van der Waals surface area contributed by atoms with Crippen molar-refractivity contribution in [3.05, 3.63) is 69.7 Å². The summed E-state index contributed by atoms with van der Waals surface area (Å²) in [5, 5.41) is 11.7. The molecule has 2 rings (SSSR count). The van der Waals surface area contributed by atoms with Crippen LogP contribution < -0.4 is 5.32 Å². The molecular weight excluding hydrogens is 316 g/mol. The Balaban J connectivity index is 2.09. The fraction of sp³-hybridized carbons (Fsp3) is 0.125. The van der Waals surface area contributed by atoms with Crippen molar-refractivity contribution in [2.45, 2.75) is 13.0 Å². The van der Waals surface area contributed by atoms with Gasteiger partial charge in [-0.2, -0.15) is 5.26 Å². The number of nitrogens with one attached hydrogen (secondary N) is 1. The van der Waals surface area contributed by atoms with E-state index in [1.165, 1.54) is 0 Å². The molecule has 20 heavy (non-hydrogen) atoms. The van der Waals surface area contributed by atoms with Gasteiger partial charge >= 0.3 is 0 Å². The third-order valence-corrected chi connectivity index (χ3v) is 3.47. The van der Waals surface area contributed by atoms with Gasteiger partial charge in [0, 0.05) is 10.0 Å². The Kier molecular flexibility index (Phi) is 4.54. The van der Waals surface area contributed by atoms with E-state index >= 15 is 0 Å². The molecule has 1 N–H and O–H groups in total. The molecule has 0 fully saturated rings. The molecule has 2 aromatic carbocycles. The van der Waals surface area contributed by atoms with E-state index in [0.29, 0.717) is 11.1 Å². The molecule has 0 aliphatic rings. The molecule has 0 aliphatic heterocycles. The standard InChI is InChI=1S/C16H13BrN2O/c1-11(13-7-5-12(10-18)6-8-13)19-16(20)14-3-2-4-15(17)9-14/h2-9,11H,1H3,(H,19,20). The fourth-order valence-electron chi connectivity index (χ4n) is 1.84. The summed E-state index contributed by atoms with van der Waals surface area (Å²) >= 11 is 3.35. The van der Waals surface area contributed by atoms with Crippen LogP contribution in [-0.2, 0) is 0 Å². The molecule has 0 spiro atoms. The largest absolute Gasteiger partial charge is 0.346 e. The number of nitriles is 1. The first-order valence-corrected chi connectivity index (χ1v) is 6.96. The summed E-state index contributed by atoms with van der Waals surface area (Å²) in [5.74, 6) is -0.122. The zero-order chi connectivity index (χ0) is 14.5. The van der Waals surface area contributed by atoms with Crippen molar-refractivity contribution >= 4 is 21.8 Å². The molecule has 1 atom stereocenters. The van der Waals surface area contributed by atoms with E-state index < -0.39 is 0 Å². The van der Waals surface area contributed by atoms with Gasteiger partial charge in [-0.3, -0.25) is 4.79 Å². The Morgan fingerprint density at radius 3 is 2.55 bits per heavy atom. The van der Waals surface area contributed by atoms with Crippen LogP contribution >= 0.6 is 15.9 Å². The molecule has 0 saturated heterocycles. The van der Waals surface area contributed by atoms with Gasteiger partial charge in [0.25, 0.3) is 5.91 Å². The summed E-state index contributed by atoms with van der Waals surface area (Å²) in [7, 11) is 0. The average molecular weight is 329 g/mol. The van der Waals surface area contributed by atoms with Crippen LogP contribution in [0.2, 0.25) is 0 Å². The van der Waals surface area contributed by atoms with Gasteiger partial charge in [0.05, 0.1) is 17.7 Å². The Labute approximate surface area is 126 Å². The summed E-state index contributed by atoms with van der Waals surface area (Å²) < 4.78 is 0.871. The Hall–Kier alpha value is -2.12. The van der Waals surface area contributed by atoms with Crippen molar-refractivity contribution < 1.29 is 4.79 Å². The Morgan fingerprint density at radius 2 is 1.95 bits per heavy atom. The van der Waals surface area contributed by atoms with Crippen molar-refractivity contribution in [2.24, 2.45) is 0 Å². The highest BCUT2D eigenvalue weighted by atomic mass is 79.9. The van der Waals surface area contributed by atoms with Gasteiger partial charge in [0.2, 0.25) is 0 Å². The van der Waals surface area contributed by atoms with E-state index in [4.69, 9.17) is 5.26 Å². The summed E-state index contributed by atoms with van der Waals surface area (Å²) in [6, 6.07) is 16.4. The third kappa shape index (κ3) is 3.46. The quantitative estimate of drug-likeness (QED) is 0.931. The second-order valence-corrected chi connectivity index (χ2v) is 5.35. The van der Waals surface area contributed by atoms with E-state index in [1.807, 2.05) is 31.2 Å². The molecule has 3 nitrogen and oxygen atoms in total. The minimum atomic E-state index is -0.122. The number of carbonyl (C=O) groups is 1. The van der Waals surface area contributed by atoms with Crippen LogP contribution in [0.5, 0.6) is 0 Å². The SMILES string of the molecule is CC(NC(=O)c1cccc(Br)c1)c1ccc(C#N)cc1. The highest BCUT2D eigenvalue weighted by molar-refractivity contribution is 9.10. The van der Waals surface area contributed by atoms with Crippen LogP contribution in [0.1, 0.15) is 34.5 Å². The van der Waals surface area contributed by atoms with Crippen LogP contribution in [0.3, 0.4) is 0 Å². The molecule has 1 amide bonds. The number of hydrogen-bond acceptors (Lipinski definition) is 2. The summed E-state index contributed by atoms with van der Waals surface area (Å²) in [5.41, 5.74) is 2.19. The lowest BCUT2D eigenvalue weighted by atomic mass is 10.1. The lowest BCUT2D eigenvalue weighted by Gasteiger charge is -2.14. The topological polar surface area (TPSA) is 52.9 Å². The van der Waals surface area contributed by atoms with E-state index in [-0.39, 0.29) is 11.9 Å². The molecule has 1 unspecified atom stereocenters. The van der Waals surface area contributed by atoms with E-state index in [1.54, 1.807) is 24.3 Å². The molecular formula is C16H13BrN2O. The van der Waals surface area contributed by atoms with Gasteiger partial charge in [-0.1, -0.05) is 34.1 Å². The number of hydrogen-bond donors (Lipinski definition) is 1. The first-order valence-electron chi connectivity index (χ1n) is 6.16. The van der Waals surface area contributed by atoms with Crippen molar-refractivity contribution in [3.8, 4) is 6.07 Å². The second-order valence-electron chi connectivity index (χ2n) is 4.44. The lowest BCUT2D eigenvalue weighted by molar-refractivity contribution is 0.0940. The van der Waals surface area contributed by atoms with Crippen LogP contribution in [0.25, 0.3) is 0 Å². The summed E-state index contributed by atoms with van der Waals surface area (Å²) in [4.78, 5) is 12.1. The number of nitrogens with zero attached hydrogens (tertiary/aromatic N) is 1. The molecule has 100 valence electrons. The van der Waals surface area contributed by atoms with Crippen molar-refractivity contribution in [3.63, 3.8) is 0 Å². The molecule has 0 bridgehead atoms. The smallest absolute Gasteiger partial charge is 0.251 e. The van der Waals surface area contributed by atoms with Gasteiger partial charge < -0.3 is 5.32 Å². The van der Waals surface area contributed by atoms with E-state index in [0.717, 1.165) is 10.0 Å². The molecule has 2 aromatic rings. The highest BCUT2D eigenvalue weighted by Crippen LogP contribution is 2.16. The minimum Gasteiger partial charge on any atom is -0.346 e. The summed E-state index contributed by atoms with van der Waals surface area (Å²) in [6.45, 7) is 1.91. The van der Waals surface area contributed by atoms with Crippen LogP contribution in [-0.4, -0.2) is 5.91 Å². The van der Waals surface area contributed by atoms with Gasteiger partial charge in [-0.05, 0) is 42.8 Å². The van der Waals surface area contributed by atoms with Gasteiger partial charge in [0.1, 0.15) is 0 Å². The zero-order valence-electron chi connectivity index (χ0n) is 10.9. The van der Waals surface area contributed by atoms with Crippen molar-refractivity contribution in [1.82, 2.24) is 5.32 Å². The molecule has 0 aromatic heterocycles. The molecule has 0 aliphatic carbocycles. The summed E-state index contributed by atoms with van der Waals surface area (Å²) in [6.07, 6.45) is 0. The maximum atomic E-state index is 12.1.